The molecule has 0 amide bonds. The van der Waals surface area contributed by atoms with Crippen molar-refractivity contribution in [2.24, 2.45) is 5.92 Å². The second kappa shape index (κ2) is 10.8. The van der Waals surface area contributed by atoms with E-state index >= 15 is 0 Å². The highest BCUT2D eigenvalue weighted by Crippen LogP contribution is 2.29. The van der Waals surface area contributed by atoms with Crippen molar-refractivity contribution in [1.29, 1.82) is 5.26 Å². The number of rotatable bonds is 8. The van der Waals surface area contributed by atoms with Gasteiger partial charge in [-0.15, -0.1) is 0 Å². The summed E-state index contributed by atoms with van der Waals surface area (Å²) in [6, 6.07) is 8.29. The van der Waals surface area contributed by atoms with Crippen molar-refractivity contribution < 1.29 is 19.7 Å². The Morgan fingerprint density at radius 1 is 1.10 bits per heavy atom. The summed E-state index contributed by atoms with van der Waals surface area (Å²) < 4.78 is 11.3. The van der Waals surface area contributed by atoms with Gasteiger partial charge in [-0.25, -0.2) is 0 Å². The number of hydrogen-bond acceptors (Lipinski definition) is 7. The van der Waals surface area contributed by atoms with Crippen LogP contribution in [0.25, 0.3) is 0 Å². The summed E-state index contributed by atoms with van der Waals surface area (Å²) in [5.74, 6) is 1.49. The molecule has 0 radical (unpaired) electrons. The monoisotopic (exact) mass is 403 g/mol. The molecule has 7 heteroatoms. The van der Waals surface area contributed by atoms with Gasteiger partial charge in [0.25, 0.3) is 0 Å². The van der Waals surface area contributed by atoms with E-state index in [-0.39, 0.29) is 18.6 Å². The Bertz CT molecular complexity index is 677. The number of aliphatic hydroxyl groups is 2. The Hall–Kier alpha value is -1.85. The zero-order valence-corrected chi connectivity index (χ0v) is 17.3. The summed E-state index contributed by atoms with van der Waals surface area (Å²) >= 11 is 0. The summed E-state index contributed by atoms with van der Waals surface area (Å²) in [6.07, 6.45) is 2.59. The zero-order valence-electron chi connectivity index (χ0n) is 17.3. The molecule has 1 atom stereocenters. The highest BCUT2D eigenvalue weighted by atomic mass is 16.5. The second-order valence-electron chi connectivity index (χ2n) is 8.16. The summed E-state index contributed by atoms with van der Waals surface area (Å²) in [5, 5.41) is 28.9. The molecular weight excluding hydrogens is 370 g/mol. The first-order valence-electron chi connectivity index (χ1n) is 10.6. The van der Waals surface area contributed by atoms with E-state index in [1.54, 1.807) is 7.11 Å². The van der Waals surface area contributed by atoms with Gasteiger partial charge in [0.05, 0.1) is 19.3 Å². The summed E-state index contributed by atoms with van der Waals surface area (Å²) in [7, 11) is 1.62. The molecule has 0 aliphatic carbocycles. The zero-order chi connectivity index (χ0) is 20.6. The van der Waals surface area contributed by atoms with E-state index in [0.717, 1.165) is 64.0 Å². The third-order valence-electron chi connectivity index (χ3n) is 5.86. The van der Waals surface area contributed by atoms with Gasteiger partial charge in [-0.3, -0.25) is 4.90 Å². The maximum atomic E-state index is 10.3. The number of nitriles is 1. The van der Waals surface area contributed by atoms with E-state index in [4.69, 9.17) is 14.7 Å². The van der Waals surface area contributed by atoms with E-state index in [0.29, 0.717) is 18.0 Å². The van der Waals surface area contributed by atoms with E-state index in [1.807, 2.05) is 18.2 Å². The van der Waals surface area contributed by atoms with Crippen molar-refractivity contribution in [2.75, 3.05) is 46.4 Å². The molecule has 0 saturated carbocycles. The Balaban J connectivity index is 1.48. The number of ether oxygens (including phenoxy) is 2. The average Bonchev–Trinajstić information content (AvgIpc) is 2.75. The lowest BCUT2D eigenvalue weighted by Crippen LogP contribution is -2.41. The maximum absolute atomic E-state index is 10.3. The first-order valence-corrected chi connectivity index (χ1v) is 10.6. The van der Waals surface area contributed by atoms with Gasteiger partial charge in [0.2, 0.25) is 0 Å². The molecule has 0 spiro atoms. The molecular formula is C22H33N3O4. The van der Waals surface area contributed by atoms with Gasteiger partial charge in [0, 0.05) is 32.1 Å². The summed E-state index contributed by atoms with van der Waals surface area (Å²) in [5.41, 5.74) is 1.15. The molecule has 160 valence electrons. The van der Waals surface area contributed by atoms with Gasteiger partial charge in [-0.1, -0.05) is 6.07 Å². The van der Waals surface area contributed by atoms with Crippen molar-refractivity contribution in [1.82, 2.24) is 9.80 Å². The van der Waals surface area contributed by atoms with Gasteiger partial charge < -0.3 is 24.6 Å². The standard InChI is InChI=1S/C22H33N3O4/c1-28-22-12-18(14-24-8-4-17(13-23)5-9-24)2-3-21(22)29-16-20(27)15-25-10-6-19(26)7-11-25/h2-3,12,17,19-20,26-27H,4-11,14-16H2,1H3/t20-/m1/s1. The molecule has 2 N–H and O–H groups in total. The van der Waals surface area contributed by atoms with Gasteiger partial charge in [-0.05, 0) is 56.5 Å². The smallest absolute Gasteiger partial charge is 0.161 e. The van der Waals surface area contributed by atoms with E-state index < -0.39 is 6.10 Å². The van der Waals surface area contributed by atoms with Crippen LogP contribution in [0.1, 0.15) is 31.2 Å². The largest absolute Gasteiger partial charge is 0.493 e. The molecule has 7 nitrogen and oxygen atoms in total. The summed E-state index contributed by atoms with van der Waals surface area (Å²) in [4.78, 5) is 4.53. The Labute approximate surface area is 173 Å². The van der Waals surface area contributed by atoms with Crippen LogP contribution >= 0.6 is 0 Å². The van der Waals surface area contributed by atoms with Crippen LogP contribution in [-0.2, 0) is 6.54 Å². The van der Waals surface area contributed by atoms with Crippen molar-refractivity contribution in [3.63, 3.8) is 0 Å². The molecule has 0 aromatic heterocycles. The van der Waals surface area contributed by atoms with Crippen LogP contribution in [0.5, 0.6) is 11.5 Å². The predicted octanol–water partition coefficient (Wildman–Crippen LogP) is 1.63. The van der Waals surface area contributed by atoms with Crippen molar-refractivity contribution in [3.05, 3.63) is 23.8 Å². The maximum Gasteiger partial charge on any atom is 0.161 e. The molecule has 0 unspecified atom stereocenters. The van der Waals surface area contributed by atoms with Gasteiger partial charge in [0.15, 0.2) is 11.5 Å². The quantitative estimate of drug-likeness (QED) is 0.682. The molecule has 2 heterocycles. The van der Waals surface area contributed by atoms with Crippen LogP contribution in [-0.4, -0.2) is 78.7 Å². The van der Waals surface area contributed by atoms with Crippen LogP contribution in [0, 0.1) is 17.2 Å². The third kappa shape index (κ3) is 6.58. The van der Waals surface area contributed by atoms with Gasteiger partial charge >= 0.3 is 0 Å². The number of likely N-dealkylation sites (tertiary alicyclic amines) is 2. The number of nitrogens with zero attached hydrogens (tertiary/aromatic N) is 3. The molecule has 1 aromatic rings. The molecule has 2 saturated heterocycles. The Kier molecular flexibility index (Phi) is 8.13. The minimum absolute atomic E-state index is 0.193. The average molecular weight is 404 g/mol. The lowest BCUT2D eigenvalue weighted by molar-refractivity contribution is 0.0333. The second-order valence-corrected chi connectivity index (χ2v) is 8.16. The SMILES string of the molecule is COc1cc(CN2CCC(C#N)CC2)ccc1OC[C@H](O)CN1CCC(O)CC1. The molecule has 2 aliphatic heterocycles. The molecule has 0 bridgehead atoms. The minimum Gasteiger partial charge on any atom is -0.493 e. The Morgan fingerprint density at radius 2 is 1.79 bits per heavy atom. The first-order chi connectivity index (χ1) is 14.1. The van der Waals surface area contributed by atoms with E-state index in [1.165, 1.54) is 0 Å². The van der Waals surface area contributed by atoms with Crippen LogP contribution in [0.3, 0.4) is 0 Å². The fraction of sp³-hybridized carbons (Fsp3) is 0.682. The predicted molar refractivity (Wildman–Crippen MR) is 110 cm³/mol. The molecule has 29 heavy (non-hydrogen) atoms. The highest BCUT2D eigenvalue weighted by Gasteiger charge is 2.21. The molecule has 2 aliphatic rings. The number of hydrogen-bond donors (Lipinski definition) is 2. The van der Waals surface area contributed by atoms with Crippen LogP contribution < -0.4 is 9.47 Å². The van der Waals surface area contributed by atoms with E-state index in [2.05, 4.69) is 15.9 Å². The normalized spacial score (nSPS) is 20.9. The number of aliphatic hydroxyl groups excluding tert-OH is 2. The number of methoxy groups -OCH3 is 1. The van der Waals surface area contributed by atoms with Gasteiger partial charge in [0.1, 0.15) is 12.7 Å². The fourth-order valence-corrected chi connectivity index (χ4v) is 4.05. The van der Waals surface area contributed by atoms with E-state index in [9.17, 15) is 10.2 Å². The molecule has 2 fully saturated rings. The third-order valence-corrected chi connectivity index (χ3v) is 5.86. The molecule has 3 rings (SSSR count). The number of benzene rings is 1. The van der Waals surface area contributed by atoms with Crippen LogP contribution in [0.4, 0.5) is 0 Å². The lowest BCUT2D eigenvalue weighted by atomic mass is 9.98. The topological polar surface area (TPSA) is 89.2 Å². The van der Waals surface area contributed by atoms with Crippen LogP contribution in [0.2, 0.25) is 0 Å². The minimum atomic E-state index is -0.587. The van der Waals surface area contributed by atoms with Crippen LogP contribution in [0.15, 0.2) is 18.2 Å². The lowest BCUT2D eigenvalue weighted by Gasteiger charge is -2.31. The van der Waals surface area contributed by atoms with Crippen molar-refractivity contribution in [3.8, 4) is 17.6 Å². The highest BCUT2D eigenvalue weighted by molar-refractivity contribution is 5.43. The summed E-state index contributed by atoms with van der Waals surface area (Å²) in [6.45, 7) is 5.08. The number of β-amino-alcohol motifs (C(OH)–C–C–N with tert-alkyl or cyclic N) is 1. The van der Waals surface area contributed by atoms with Crippen molar-refractivity contribution >= 4 is 0 Å². The first kappa shape index (κ1) is 21.8. The van der Waals surface area contributed by atoms with Crippen molar-refractivity contribution in [2.45, 2.75) is 44.4 Å². The van der Waals surface area contributed by atoms with Gasteiger partial charge in [-0.2, -0.15) is 5.26 Å². The molecule has 1 aromatic carbocycles. The Morgan fingerprint density at radius 3 is 2.45 bits per heavy atom. The fourth-order valence-electron chi connectivity index (χ4n) is 4.05. The number of piperidine rings is 2.